The summed E-state index contributed by atoms with van der Waals surface area (Å²) in [6.45, 7) is 4.47. The highest BCUT2D eigenvalue weighted by atomic mass is 16.5. The molecular formula is C19H23N3O2. The predicted octanol–water partition coefficient (Wildman–Crippen LogP) is 2.54. The summed E-state index contributed by atoms with van der Waals surface area (Å²) < 4.78 is 11.9. The Morgan fingerprint density at radius 3 is 2.71 bits per heavy atom. The van der Waals surface area contributed by atoms with Crippen molar-refractivity contribution in [1.29, 1.82) is 0 Å². The summed E-state index contributed by atoms with van der Waals surface area (Å²) in [5, 5.41) is 0. The van der Waals surface area contributed by atoms with Gasteiger partial charge in [-0.2, -0.15) is 0 Å². The van der Waals surface area contributed by atoms with E-state index >= 15 is 0 Å². The average Bonchev–Trinajstić information content (AvgIpc) is 3.00. The third kappa shape index (κ3) is 3.28. The number of hydrogen-bond acceptors (Lipinski definition) is 5. The fourth-order valence-electron chi connectivity index (χ4n) is 3.82. The van der Waals surface area contributed by atoms with Gasteiger partial charge in [0.05, 0.1) is 17.9 Å². The van der Waals surface area contributed by atoms with Gasteiger partial charge in [-0.3, -0.25) is 9.88 Å². The van der Waals surface area contributed by atoms with Gasteiger partial charge in [-0.1, -0.05) is 12.1 Å². The molecule has 0 bridgehead atoms. The molecule has 0 radical (unpaired) electrons. The number of rotatable bonds is 6. The molecule has 126 valence electrons. The number of pyridine rings is 2. The molecule has 0 amide bonds. The monoisotopic (exact) mass is 325 g/mol. The zero-order chi connectivity index (χ0) is 16.2. The summed E-state index contributed by atoms with van der Waals surface area (Å²) in [5.74, 6) is 1.28. The Kier molecular flexibility index (Phi) is 4.45. The maximum absolute atomic E-state index is 6.13. The number of aromatic nitrogens is 2. The summed E-state index contributed by atoms with van der Waals surface area (Å²) in [6, 6.07) is 11.8. The van der Waals surface area contributed by atoms with Crippen molar-refractivity contribution in [3.63, 3.8) is 0 Å². The minimum atomic E-state index is 0.0300. The lowest BCUT2D eigenvalue weighted by atomic mass is 9.79. The van der Waals surface area contributed by atoms with E-state index in [2.05, 4.69) is 20.9 Å². The number of likely N-dealkylation sites (tertiary alicyclic amines) is 1. The predicted molar refractivity (Wildman–Crippen MR) is 90.7 cm³/mol. The Hall–Kier alpha value is -1.98. The summed E-state index contributed by atoms with van der Waals surface area (Å²) in [7, 11) is 0. The molecule has 2 aliphatic rings. The second-order valence-corrected chi connectivity index (χ2v) is 6.67. The van der Waals surface area contributed by atoms with Crippen LogP contribution in [0.25, 0.3) is 0 Å². The van der Waals surface area contributed by atoms with Crippen LogP contribution in [0.2, 0.25) is 0 Å². The summed E-state index contributed by atoms with van der Waals surface area (Å²) in [5.41, 5.74) is 1.16. The van der Waals surface area contributed by atoms with E-state index < -0.39 is 0 Å². The maximum Gasteiger partial charge on any atom is 0.213 e. The third-order valence-electron chi connectivity index (χ3n) is 5.05. The van der Waals surface area contributed by atoms with Crippen LogP contribution < -0.4 is 4.74 Å². The molecule has 5 nitrogen and oxygen atoms in total. The van der Waals surface area contributed by atoms with E-state index in [1.54, 1.807) is 6.20 Å². The van der Waals surface area contributed by atoms with Gasteiger partial charge in [-0.15, -0.1) is 0 Å². The van der Waals surface area contributed by atoms with Gasteiger partial charge in [0.2, 0.25) is 5.88 Å². The molecular weight excluding hydrogens is 302 g/mol. The third-order valence-corrected chi connectivity index (χ3v) is 5.05. The van der Waals surface area contributed by atoms with Crippen LogP contribution in [0, 0.1) is 5.92 Å². The van der Waals surface area contributed by atoms with Crippen LogP contribution in [0.4, 0.5) is 0 Å². The first kappa shape index (κ1) is 15.5. The van der Waals surface area contributed by atoms with E-state index in [0.717, 1.165) is 44.8 Å². The quantitative estimate of drug-likeness (QED) is 0.817. The van der Waals surface area contributed by atoms with Gasteiger partial charge >= 0.3 is 0 Å². The Bertz CT molecular complexity index is 644. The average molecular weight is 325 g/mol. The van der Waals surface area contributed by atoms with Crippen molar-refractivity contribution < 1.29 is 9.47 Å². The number of nitrogens with zero attached hydrogens (tertiary/aromatic N) is 3. The topological polar surface area (TPSA) is 47.5 Å². The zero-order valence-electron chi connectivity index (χ0n) is 13.8. The van der Waals surface area contributed by atoms with Crippen LogP contribution in [-0.2, 0) is 11.3 Å². The SMILES string of the molecule is c1ccc(CN2CC3(C2)OCCC3CCOc2ccccn2)nc1. The molecule has 1 atom stereocenters. The highest BCUT2D eigenvalue weighted by Crippen LogP contribution is 2.42. The van der Waals surface area contributed by atoms with E-state index in [-0.39, 0.29) is 5.60 Å². The molecule has 0 aliphatic carbocycles. The standard InChI is InChI=1S/C19H23N3O2/c1-3-9-20-17(5-1)13-22-14-19(15-22)16(8-12-24-19)7-11-23-18-6-2-4-10-21-18/h1-6,9-10,16H,7-8,11-15H2. The van der Waals surface area contributed by atoms with Crippen LogP contribution >= 0.6 is 0 Å². The van der Waals surface area contributed by atoms with E-state index in [1.807, 2.05) is 36.5 Å². The van der Waals surface area contributed by atoms with Gasteiger partial charge in [-0.25, -0.2) is 4.98 Å². The lowest BCUT2D eigenvalue weighted by Gasteiger charge is -2.50. The Morgan fingerprint density at radius 2 is 1.96 bits per heavy atom. The number of ether oxygens (including phenoxy) is 2. The molecule has 2 fully saturated rings. The lowest BCUT2D eigenvalue weighted by Crippen LogP contribution is -2.64. The minimum Gasteiger partial charge on any atom is -0.478 e. The van der Waals surface area contributed by atoms with Gasteiger partial charge in [-0.05, 0) is 37.0 Å². The first-order valence-electron chi connectivity index (χ1n) is 8.64. The zero-order valence-corrected chi connectivity index (χ0v) is 13.8. The van der Waals surface area contributed by atoms with Crippen molar-refractivity contribution in [2.75, 3.05) is 26.3 Å². The van der Waals surface area contributed by atoms with Crippen LogP contribution in [0.5, 0.6) is 5.88 Å². The molecule has 2 aromatic rings. The van der Waals surface area contributed by atoms with Crippen LogP contribution in [0.3, 0.4) is 0 Å². The molecule has 2 aliphatic heterocycles. The van der Waals surface area contributed by atoms with Crippen LogP contribution in [0.1, 0.15) is 18.5 Å². The lowest BCUT2D eigenvalue weighted by molar-refractivity contribution is -0.138. The minimum absolute atomic E-state index is 0.0300. The first-order valence-corrected chi connectivity index (χ1v) is 8.64. The van der Waals surface area contributed by atoms with Gasteiger partial charge in [0.1, 0.15) is 0 Å². The molecule has 1 unspecified atom stereocenters. The maximum atomic E-state index is 6.13. The van der Waals surface area contributed by atoms with Crippen LogP contribution in [-0.4, -0.2) is 46.8 Å². The van der Waals surface area contributed by atoms with Crippen molar-refractivity contribution in [3.05, 3.63) is 54.5 Å². The summed E-state index contributed by atoms with van der Waals surface area (Å²) in [4.78, 5) is 11.0. The Balaban J connectivity index is 1.27. The molecule has 2 saturated heterocycles. The molecule has 4 heterocycles. The second-order valence-electron chi connectivity index (χ2n) is 6.67. The van der Waals surface area contributed by atoms with Crippen molar-refractivity contribution in [1.82, 2.24) is 14.9 Å². The van der Waals surface area contributed by atoms with Crippen molar-refractivity contribution in [2.45, 2.75) is 25.0 Å². The molecule has 5 heteroatoms. The molecule has 0 saturated carbocycles. The molecule has 4 rings (SSSR count). The fourth-order valence-corrected chi connectivity index (χ4v) is 3.82. The van der Waals surface area contributed by atoms with Crippen LogP contribution in [0.15, 0.2) is 48.8 Å². The number of hydrogen-bond donors (Lipinski definition) is 0. The Labute approximate surface area is 142 Å². The second kappa shape index (κ2) is 6.87. The van der Waals surface area contributed by atoms with Gasteiger partial charge < -0.3 is 9.47 Å². The molecule has 1 spiro atoms. The normalized spacial score (nSPS) is 22.4. The van der Waals surface area contributed by atoms with Crippen molar-refractivity contribution in [2.24, 2.45) is 5.92 Å². The Morgan fingerprint density at radius 1 is 1.12 bits per heavy atom. The van der Waals surface area contributed by atoms with E-state index in [1.165, 1.54) is 0 Å². The molecule has 0 aromatic carbocycles. The summed E-state index contributed by atoms with van der Waals surface area (Å²) in [6.07, 6.45) is 5.77. The van der Waals surface area contributed by atoms with Gasteiger partial charge in [0.15, 0.2) is 0 Å². The highest BCUT2D eigenvalue weighted by Gasteiger charge is 2.52. The van der Waals surface area contributed by atoms with Crippen molar-refractivity contribution >= 4 is 0 Å². The largest absolute Gasteiger partial charge is 0.478 e. The smallest absolute Gasteiger partial charge is 0.213 e. The fraction of sp³-hybridized carbons (Fsp3) is 0.474. The van der Waals surface area contributed by atoms with Crippen molar-refractivity contribution in [3.8, 4) is 5.88 Å². The van der Waals surface area contributed by atoms with E-state index in [0.29, 0.717) is 18.4 Å². The highest BCUT2D eigenvalue weighted by molar-refractivity contribution is 5.10. The summed E-state index contributed by atoms with van der Waals surface area (Å²) >= 11 is 0. The first-order chi connectivity index (χ1) is 11.8. The van der Waals surface area contributed by atoms with Gasteiger partial charge in [0, 0.05) is 44.7 Å². The molecule has 0 N–H and O–H groups in total. The van der Waals surface area contributed by atoms with Gasteiger partial charge in [0.25, 0.3) is 0 Å². The molecule has 2 aromatic heterocycles. The van der Waals surface area contributed by atoms with E-state index in [9.17, 15) is 0 Å². The van der Waals surface area contributed by atoms with E-state index in [4.69, 9.17) is 9.47 Å². The molecule has 24 heavy (non-hydrogen) atoms.